The SMILES string of the molecule is CCOC(=O)[C@H]1CCCN(C(=NC)NCc2ccnc(N3CCN(CC)CC3)c2)C1. The number of carbonyl (C=O) groups is 1. The largest absolute Gasteiger partial charge is 0.466 e. The van der Waals surface area contributed by atoms with Crippen LogP contribution in [0.15, 0.2) is 23.3 Å². The van der Waals surface area contributed by atoms with Gasteiger partial charge in [0.25, 0.3) is 0 Å². The van der Waals surface area contributed by atoms with Gasteiger partial charge in [-0.1, -0.05) is 6.92 Å². The third-order valence-corrected chi connectivity index (χ3v) is 5.96. The maximum absolute atomic E-state index is 12.1. The molecule has 8 heteroatoms. The summed E-state index contributed by atoms with van der Waals surface area (Å²) < 4.78 is 5.22. The number of piperazine rings is 1. The number of likely N-dealkylation sites (N-methyl/N-ethyl adjacent to an activating group) is 1. The number of anilines is 1. The summed E-state index contributed by atoms with van der Waals surface area (Å²) in [7, 11) is 1.79. The molecule has 1 N–H and O–H groups in total. The summed E-state index contributed by atoms with van der Waals surface area (Å²) in [5, 5.41) is 3.46. The molecule has 3 heterocycles. The number of aliphatic imine (C=N–C) groups is 1. The highest BCUT2D eigenvalue weighted by molar-refractivity contribution is 5.81. The number of hydrogen-bond acceptors (Lipinski definition) is 6. The maximum atomic E-state index is 12.1. The van der Waals surface area contributed by atoms with E-state index < -0.39 is 0 Å². The second kappa shape index (κ2) is 11.2. The van der Waals surface area contributed by atoms with E-state index in [9.17, 15) is 4.79 Å². The van der Waals surface area contributed by atoms with Gasteiger partial charge in [-0.2, -0.15) is 0 Å². The summed E-state index contributed by atoms with van der Waals surface area (Å²) in [5.41, 5.74) is 1.18. The van der Waals surface area contributed by atoms with Gasteiger partial charge in [0.05, 0.1) is 12.5 Å². The van der Waals surface area contributed by atoms with Gasteiger partial charge in [-0.15, -0.1) is 0 Å². The van der Waals surface area contributed by atoms with Crippen molar-refractivity contribution in [3.8, 4) is 0 Å². The van der Waals surface area contributed by atoms with E-state index in [-0.39, 0.29) is 11.9 Å². The lowest BCUT2D eigenvalue weighted by atomic mass is 9.98. The molecule has 2 fully saturated rings. The summed E-state index contributed by atoms with van der Waals surface area (Å²) >= 11 is 0. The minimum absolute atomic E-state index is 0.0773. The van der Waals surface area contributed by atoms with Crippen molar-refractivity contribution in [1.29, 1.82) is 0 Å². The predicted octanol–water partition coefficient (Wildman–Crippen LogP) is 1.57. The Balaban J connectivity index is 1.55. The summed E-state index contributed by atoms with van der Waals surface area (Å²) in [6.45, 7) is 12.0. The molecule has 2 aliphatic heterocycles. The van der Waals surface area contributed by atoms with E-state index in [1.165, 1.54) is 5.56 Å². The molecule has 0 aliphatic carbocycles. The Morgan fingerprint density at radius 3 is 2.77 bits per heavy atom. The monoisotopic (exact) mass is 416 g/mol. The third kappa shape index (κ3) is 5.84. The molecule has 30 heavy (non-hydrogen) atoms. The van der Waals surface area contributed by atoms with Gasteiger partial charge < -0.3 is 24.8 Å². The Hall–Kier alpha value is -2.35. The summed E-state index contributed by atoms with van der Waals surface area (Å²) in [6, 6.07) is 4.21. The third-order valence-electron chi connectivity index (χ3n) is 5.96. The Morgan fingerprint density at radius 2 is 2.07 bits per heavy atom. The molecule has 8 nitrogen and oxygen atoms in total. The van der Waals surface area contributed by atoms with Crippen molar-refractivity contribution in [3.05, 3.63) is 23.9 Å². The number of pyridine rings is 1. The van der Waals surface area contributed by atoms with Gasteiger partial charge in [0.15, 0.2) is 5.96 Å². The molecule has 1 aromatic rings. The number of nitrogens with zero attached hydrogens (tertiary/aromatic N) is 5. The van der Waals surface area contributed by atoms with Crippen molar-refractivity contribution in [1.82, 2.24) is 20.1 Å². The molecule has 0 bridgehead atoms. The highest BCUT2D eigenvalue weighted by Gasteiger charge is 2.28. The van der Waals surface area contributed by atoms with Crippen LogP contribution in [0.25, 0.3) is 0 Å². The number of rotatable bonds is 6. The number of piperidine rings is 1. The van der Waals surface area contributed by atoms with E-state index in [0.29, 0.717) is 19.7 Å². The fourth-order valence-electron chi connectivity index (χ4n) is 4.17. The summed E-state index contributed by atoms with van der Waals surface area (Å²) in [5.74, 6) is 1.70. The van der Waals surface area contributed by atoms with Crippen molar-refractivity contribution in [2.24, 2.45) is 10.9 Å². The first-order chi connectivity index (χ1) is 14.6. The van der Waals surface area contributed by atoms with Gasteiger partial charge in [0.2, 0.25) is 0 Å². The van der Waals surface area contributed by atoms with E-state index in [0.717, 1.165) is 63.9 Å². The van der Waals surface area contributed by atoms with Crippen molar-refractivity contribution >= 4 is 17.7 Å². The van der Waals surface area contributed by atoms with Crippen LogP contribution < -0.4 is 10.2 Å². The minimum atomic E-state index is -0.0976. The van der Waals surface area contributed by atoms with Crippen molar-refractivity contribution in [2.75, 3.05) is 64.4 Å². The second-order valence-electron chi connectivity index (χ2n) is 7.88. The zero-order valence-corrected chi connectivity index (χ0v) is 18.6. The van der Waals surface area contributed by atoms with Crippen LogP contribution in [0.2, 0.25) is 0 Å². The van der Waals surface area contributed by atoms with Crippen LogP contribution in [-0.2, 0) is 16.1 Å². The van der Waals surface area contributed by atoms with Gasteiger partial charge in [0, 0.05) is 59.1 Å². The Labute approximate surface area is 180 Å². The molecule has 0 saturated carbocycles. The van der Waals surface area contributed by atoms with Crippen LogP contribution in [0.5, 0.6) is 0 Å². The molecule has 1 atom stereocenters. The second-order valence-corrected chi connectivity index (χ2v) is 7.88. The molecule has 0 amide bonds. The number of likely N-dealkylation sites (tertiary alicyclic amines) is 1. The first kappa shape index (κ1) is 22.3. The van der Waals surface area contributed by atoms with Gasteiger partial charge >= 0.3 is 5.97 Å². The van der Waals surface area contributed by atoms with E-state index in [4.69, 9.17) is 4.74 Å². The van der Waals surface area contributed by atoms with Crippen molar-refractivity contribution in [3.63, 3.8) is 0 Å². The van der Waals surface area contributed by atoms with Crippen LogP contribution in [0.1, 0.15) is 32.3 Å². The fourth-order valence-corrected chi connectivity index (χ4v) is 4.17. The lowest BCUT2D eigenvalue weighted by Gasteiger charge is -2.35. The number of hydrogen-bond donors (Lipinski definition) is 1. The average Bonchev–Trinajstić information content (AvgIpc) is 2.80. The fraction of sp³-hybridized carbons (Fsp3) is 0.682. The molecule has 0 radical (unpaired) electrons. The van der Waals surface area contributed by atoms with Crippen LogP contribution in [-0.4, -0.2) is 86.2 Å². The molecule has 2 aliphatic rings. The average molecular weight is 417 g/mol. The number of ether oxygens (including phenoxy) is 1. The lowest BCUT2D eigenvalue weighted by molar-refractivity contribution is -0.149. The summed E-state index contributed by atoms with van der Waals surface area (Å²) in [6.07, 6.45) is 3.73. The van der Waals surface area contributed by atoms with E-state index in [1.54, 1.807) is 7.05 Å². The topological polar surface area (TPSA) is 73.3 Å². The Morgan fingerprint density at radius 1 is 1.27 bits per heavy atom. The van der Waals surface area contributed by atoms with E-state index in [1.807, 2.05) is 19.2 Å². The number of guanidine groups is 1. The molecule has 1 aromatic heterocycles. The smallest absolute Gasteiger partial charge is 0.310 e. The van der Waals surface area contributed by atoms with E-state index in [2.05, 4.69) is 43.0 Å². The van der Waals surface area contributed by atoms with Gasteiger partial charge in [-0.3, -0.25) is 9.79 Å². The molecule has 0 spiro atoms. The number of aromatic nitrogens is 1. The van der Waals surface area contributed by atoms with Crippen molar-refractivity contribution < 1.29 is 9.53 Å². The number of carbonyl (C=O) groups excluding carboxylic acids is 1. The Bertz CT molecular complexity index is 717. The quantitative estimate of drug-likeness (QED) is 0.429. The highest BCUT2D eigenvalue weighted by atomic mass is 16.5. The molecule has 0 unspecified atom stereocenters. The molecule has 2 saturated heterocycles. The number of esters is 1. The first-order valence-electron chi connectivity index (χ1n) is 11.2. The highest BCUT2D eigenvalue weighted by Crippen LogP contribution is 2.19. The zero-order valence-electron chi connectivity index (χ0n) is 18.6. The zero-order chi connectivity index (χ0) is 21.3. The maximum Gasteiger partial charge on any atom is 0.310 e. The molecular formula is C22H36N6O2. The van der Waals surface area contributed by atoms with E-state index >= 15 is 0 Å². The normalized spacial score (nSPS) is 20.9. The van der Waals surface area contributed by atoms with Gasteiger partial charge in [0.1, 0.15) is 5.82 Å². The predicted molar refractivity (Wildman–Crippen MR) is 120 cm³/mol. The van der Waals surface area contributed by atoms with Crippen LogP contribution >= 0.6 is 0 Å². The first-order valence-corrected chi connectivity index (χ1v) is 11.2. The molecule has 3 rings (SSSR count). The van der Waals surface area contributed by atoms with Crippen LogP contribution in [0, 0.1) is 5.92 Å². The lowest BCUT2D eigenvalue weighted by Crippen LogP contribution is -2.48. The summed E-state index contributed by atoms with van der Waals surface area (Å²) in [4.78, 5) is 28.2. The van der Waals surface area contributed by atoms with Gasteiger partial charge in [-0.05, 0) is 44.0 Å². The minimum Gasteiger partial charge on any atom is -0.466 e. The van der Waals surface area contributed by atoms with Gasteiger partial charge in [-0.25, -0.2) is 4.98 Å². The van der Waals surface area contributed by atoms with Crippen LogP contribution in [0.3, 0.4) is 0 Å². The van der Waals surface area contributed by atoms with Crippen molar-refractivity contribution in [2.45, 2.75) is 33.2 Å². The Kier molecular flexibility index (Phi) is 8.30. The molecule has 166 valence electrons. The number of nitrogens with one attached hydrogen (secondary N) is 1. The molecule has 0 aromatic carbocycles. The standard InChI is InChI=1S/C22H36N6O2/c1-4-26-11-13-27(14-12-26)20-15-18(8-9-24-20)16-25-22(23-3)28-10-6-7-19(17-28)21(29)30-5-2/h8-9,15,19H,4-7,10-14,16-17H2,1-3H3,(H,23,25)/t19-/m0/s1. The molecular weight excluding hydrogens is 380 g/mol. The van der Waals surface area contributed by atoms with Crippen LogP contribution in [0.4, 0.5) is 5.82 Å².